The van der Waals surface area contributed by atoms with E-state index in [0.717, 1.165) is 25.7 Å². The summed E-state index contributed by atoms with van der Waals surface area (Å²) in [5, 5.41) is 8.49. The Morgan fingerprint density at radius 1 is 1.56 bits per heavy atom. The second-order valence-corrected chi connectivity index (χ2v) is 4.34. The van der Waals surface area contributed by atoms with Gasteiger partial charge in [0.15, 0.2) is 0 Å². The quantitative estimate of drug-likeness (QED) is 0.750. The number of carbonyl (C=O) groups is 2. The van der Waals surface area contributed by atoms with E-state index in [4.69, 9.17) is 0 Å². The maximum atomic E-state index is 12.0. The Labute approximate surface area is 105 Å². The molecular formula is C11H17N5O2. The van der Waals surface area contributed by atoms with Crippen LogP contribution in [0.2, 0.25) is 0 Å². The number of aromatic amines is 1. The van der Waals surface area contributed by atoms with E-state index >= 15 is 0 Å². The molecule has 18 heavy (non-hydrogen) atoms. The van der Waals surface area contributed by atoms with Gasteiger partial charge in [0.1, 0.15) is 6.33 Å². The van der Waals surface area contributed by atoms with Crippen molar-refractivity contribution in [2.75, 3.05) is 11.9 Å². The highest BCUT2D eigenvalue weighted by Crippen LogP contribution is 2.19. The fourth-order valence-corrected chi connectivity index (χ4v) is 2.25. The van der Waals surface area contributed by atoms with E-state index in [9.17, 15) is 9.59 Å². The van der Waals surface area contributed by atoms with Crippen LogP contribution < -0.4 is 5.32 Å². The molecule has 7 nitrogen and oxygen atoms in total. The minimum Gasteiger partial charge on any atom is -0.331 e. The van der Waals surface area contributed by atoms with E-state index < -0.39 is 11.8 Å². The topological polar surface area (TPSA) is 91.0 Å². The number of carbonyl (C=O) groups excluding carboxylic acids is 2. The lowest BCUT2D eigenvalue weighted by molar-refractivity contribution is -0.145. The van der Waals surface area contributed by atoms with Gasteiger partial charge in [0.05, 0.1) is 0 Å². The molecule has 0 aromatic carbocycles. The highest BCUT2D eigenvalue weighted by Gasteiger charge is 2.29. The zero-order chi connectivity index (χ0) is 13.0. The van der Waals surface area contributed by atoms with Crippen LogP contribution in [0.15, 0.2) is 6.33 Å². The van der Waals surface area contributed by atoms with Gasteiger partial charge in [0.25, 0.3) is 0 Å². The van der Waals surface area contributed by atoms with Crippen LogP contribution in [-0.4, -0.2) is 44.5 Å². The number of hydrogen-bond acceptors (Lipinski definition) is 4. The predicted octanol–water partition coefficient (Wildman–Crippen LogP) is 0.534. The molecule has 1 aromatic heterocycles. The summed E-state index contributed by atoms with van der Waals surface area (Å²) < 4.78 is 0. The maximum absolute atomic E-state index is 12.0. The fourth-order valence-electron chi connectivity index (χ4n) is 2.25. The number of hydrogen-bond donors (Lipinski definition) is 2. The van der Waals surface area contributed by atoms with Gasteiger partial charge in [-0.25, -0.2) is 5.10 Å². The largest absolute Gasteiger partial charge is 0.331 e. The van der Waals surface area contributed by atoms with Crippen LogP contribution in [0.5, 0.6) is 0 Å². The summed E-state index contributed by atoms with van der Waals surface area (Å²) in [6, 6.07) is 0.173. The van der Waals surface area contributed by atoms with Crippen LogP contribution in [0.25, 0.3) is 0 Å². The van der Waals surface area contributed by atoms with Crippen LogP contribution in [0.1, 0.15) is 32.6 Å². The zero-order valence-electron chi connectivity index (χ0n) is 10.3. The molecule has 1 unspecified atom stereocenters. The molecule has 1 atom stereocenters. The third-order valence-corrected chi connectivity index (χ3v) is 3.20. The standard InChI is InChI=1S/C11H17N5O2/c1-2-8-5-3-4-6-16(8)10(18)9(17)14-11-12-7-13-15-11/h7-8H,2-6H2,1H3,(H2,12,13,14,15,17). The number of H-pyrrole nitrogens is 1. The summed E-state index contributed by atoms with van der Waals surface area (Å²) in [4.78, 5) is 29.2. The van der Waals surface area contributed by atoms with E-state index in [0.29, 0.717) is 6.54 Å². The number of anilines is 1. The van der Waals surface area contributed by atoms with Gasteiger partial charge >= 0.3 is 11.8 Å². The van der Waals surface area contributed by atoms with Crippen molar-refractivity contribution in [3.63, 3.8) is 0 Å². The monoisotopic (exact) mass is 251 g/mol. The molecule has 2 amide bonds. The fraction of sp³-hybridized carbons (Fsp3) is 0.636. The number of amides is 2. The van der Waals surface area contributed by atoms with Crippen molar-refractivity contribution in [3.05, 3.63) is 6.33 Å². The van der Waals surface area contributed by atoms with Crippen molar-refractivity contribution in [1.29, 1.82) is 0 Å². The molecule has 1 saturated heterocycles. The smallest absolute Gasteiger partial charge is 0.316 e. The van der Waals surface area contributed by atoms with Crippen LogP contribution in [0.3, 0.4) is 0 Å². The molecule has 2 N–H and O–H groups in total. The number of piperidine rings is 1. The van der Waals surface area contributed by atoms with Gasteiger partial charge in [-0.05, 0) is 25.7 Å². The molecule has 0 radical (unpaired) electrons. The van der Waals surface area contributed by atoms with Gasteiger partial charge in [0, 0.05) is 12.6 Å². The summed E-state index contributed by atoms with van der Waals surface area (Å²) in [6.45, 7) is 2.69. The zero-order valence-corrected chi connectivity index (χ0v) is 10.3. The first-order chi connectivity index (χ1) is 8.72. The first kappa shape index (κ1) is 12.5. The highest BCUT2D eigenvalue weighted by molar-refractivity contribution is 6.39. The Morgan fingerprint density at radius 3 is 3.06 bits per heavy atom. The lowest BCUT2D eigenvalue weighted by Gasteiger charge is -2.34. The van der Waals surface area contributed by atoms with Crippen molar-refractivity contribution < 1.29 is 9.59 Å². The Hall–Kier alpha value is -1.92. The first-order valence-electron chi connectivity index (χ1n) is 6.19. The molecule has 2 heterocycles. The number of nitrogens with one attached hydrogen (secondary N) is 2. The van der Waals surface area contributed by atoms with Gasteiger partial charge < -0.3 is 4.90 Å². The summed E-state index contributed by atoms with van der Waals surface area (Å²) in [5.41, 5.74) is 0. The van der Waals surface area contributed by atoms with Crippen LogP contribution in [0.4, 0.5) is 5.95 Å². The Kier molecular flexibility index (Phi) is 3.91. The minimum absolute atomic E-state index is 0.173. The molecule has 1 aliphatic rings. The average molecular weight is 251 g/mol. The first-order valence-corrected chi connectivity index (χ1v) is 6.19. The van der Waals surface area contributed by atoms with Crippen molar-refractivity contribution in [2.24, 2.45) is 0 Å². The third kappa shape index (κ3) is 2.66. The van der Waals surface area contributed by atoms with Gasteiger partial charge in [-0.2, -0.15) is 10.1 Å². The molecule has 0 saturated carbocycles. The molecule has 1 aliphatic heterocycles. The predicted molar refractivity (Wildman–Crippen MR) is 64.7 cm³/mol. The van der Waals surface area contributed by atoms with E-state index in [-0.39, 0.29) is 12.0 Å². The Balaban J connectivity index is 1.98. The molecule has 7 heteroatoms. The second-order valence-electron chi connectivity index (χ2n) is 4.34. The van der Waals surface area contributed by atoms with E-state index in [1.807, 2.05) is 6.92 Å². The third-order valence-electron chi connectivity index (χ3n) is 3.20. The lowest BCUT2D eigenvalue weighted by Crippen LogP contribution is -2.48. The van der Waals surface area contributed by atoms with Crippen LogP contribution in [-0.2, 0) is 9.59 Å². The number of aromatic nitrogens is 3. The normalized spacial score (nSPS) is 19.6. The van der Waals surface area contributed by atoms with Crippen molar-refractivity contribution in [3.8, 4) is 0 Å². The maximum Gasteiger partial charge on any atom is 0.316 e. The van der Waals surface area contributed by atoms with Crippen LogP contribution >= 0.6 is 0 Å². The van der Waals surface area contributed by atoms with Gasteiger partial charge in [-0.1, -0.05) is 6.92 Å². The molecule has 1 aromatic rings. The average Bonchev–Trinajstić information content (AvgIpc) is 2.90. The van der Waals surface area contributed by atoms with Crippen molar-refractivity contribution >= 4 is 17.8 Å². The number of likely N-dealkylation sites (tertiary alicyclic amines) is 1. The molecule has 0 bridgehead atoms. The molecule has 2 rings (SSSR count). The molecule has 0 aliphatic carbocycles. The SMILES string of the molecule is CCC1CCCCN1C(=O)C(=O)Nc1ncn[nH]1. The summed E-state index contributed by atoms with van der Waals surface area (Å²) >= 11 is 0. The summed E-state index contributed by atoms with van der Waals surface area (Å²) in [7, 11) is 0. The van der Waals surface area contributed by atoms with E-state index in [1.54, 1.807) is 4.90 Å². The summed E-state index contributed by atoms with van der Waals surface area (Å²) in [6.07, 6.45) is 5.19. The van der Waals surface area contributed by atoms with Gasteiger partial charge in [-0.3, -0.25) is 14.9 Å². The molecule has 0 spiro atoms. The van der Waals surface area contributed by atoms with Crippen molar-refractivity contribution in [2.45, 2.75) is 38.6 Å². The number of rotatable bonds is 2. The van der Waals surface area contributed by atoms with Crippen molar-refractivity contribution in [1.82, 2.24) is 20.1 Å². The van der Waals surface area contributed by atoms with E-state index in [2.05, 4.69) is 20.5 Å². The molecule has 1 fully saturated rings. The minimum atomic E-state index is -0.660. The molecular weight excluding hydrogens is 234 g/mol. The van der Waals surface area contributed by atoms with Gasteiger partial charge in [0.2, 0.25) is 5.95 Å². The Bertz CT molecular complexity index is 417. The second kappa shape index (κ2) is 5.61. The van der Waals surface area contributed by atoms with Crippen LogP contribution in [0, 0.1) is 0 Å². The Morgan fingerprint density at radius 2 is 2.39 bits per heavy atom. The highest BCUT2D eigenvalue weighted by atomic mass is 16.2. The van der Waals surface area contributed by atoms with E-state index in [1.165, 1.54) is 6.33 Å². The summed E-state index contributed by atoms with van der Waals surface area (Å²) in [5.74, 6) is -0.955. The lowest BCUT2D eigenvalue weighted by atomic mass is 10.00. The van der Waals surface area contributed by atoms with Gasteiger partial charge in [-0.15, -0.1) is 0 Å². The number of nitrogens with zero attached hydrogens (tertiary/aromatic N) is 3. The molecule has 98 valence electrons.